The largest absolute Gasteiger partial charge is 0.393 e. The molecule has 0 bridgehead atoms. The summed E-state index contributed by atoms with van der Waals surface area (Å²) in [5.41, 5.74) is 0. The van der Waals surface area contributed by atoms with Crippen molar-refractivity contribution in [3.8, 4) is 0 Å². The van der Waals surface area contributed by atoms with Crippen LogP contribution in [0.4, 0.5) is 0 Å². The highest BCUT2D eigenvalue weighted by molar-refractivity contribution is 5.85. The first-order chi connectivity index (χ1) is 10.6. The Kier molecular flexibility index (Phi) is 20.4. The Labute approximate surface area is 151 Å². The summed E-state index contributed by atoms with van der Waals surface area (Å²) < 4.78 is 0. The molecule has 23 heavy (non-hydrogen) atoms. The van der Waals surface area contributed by atoms with E-state index in [0.717, 1.165) is 19.4 Å². The molecule has 3 nitrogen and oxygen atoms in total. The summed E-state index contributed by atoms with van der Waals surface area (Å²) in [6, 6.07) is 0.235. The number of hydrogen-bond acceptors (Lipinski definition) is 3. The Bertz CT molecular complexity index is 215. The van der Waals surface area contributed by atoms with E-state index in [0.29, 0.717) is 0 Å². The normalized spacial score (nSPS) is 15.0. The Balaban J connectivity index is 0. The van der Waals surface area contributed by atoms with Crippen LogP contribution in [0.25, 0.3) is 0 Å². The summed E-state index contributed by atoms with van der Waals surface area (Å²) in [4.78, 5) is 0. The third-order valence-electron chi connectivity index (χ3n) is 4.21. The van der Waals surface area contributed by atoms with Gasteiger partial charge in [0.15, 0.2) is 0 Å². The molecule has 0 saturated heterocycles. The third kappa shape index (κ3) is 20.1. The molecule has 0 aromatic rings. The summed E-state index contributed by atoms with van der Waals surface area (Å²) >= 11 is 0. The minimum absolute atomic E-state index is 0. The smallest absolute Gasteiger partial charge is 0.0526 e. The summed E-state index contributed by atoms with van der Waals surface area (Å²) in [6.07, 6.45) is 14.4. The van der Waals surface area contributed by atoms with Crippen LogP contribution in [0, 0.1) is 0 Å². The standard InChI is InChI=1S/C19H41NO2.ClH/c1-4-5-6-7-8-9-10-11-12-13-14-20-19(15-17(2)21)16-18(3)22;/h17-22H,4-16H2,1-3H3;1H. The zero-order chi connectivity index (χ0) is 16.6. The first-order valence-corrected chi connectivity index (χ1v) is 9.65. The number of aliphatic hydroxyl groups excluding tert-OH is 2. The average Bonchev–Trinajstić information content (AvgIpc) is 2.43. The van der Waals surface area contributed by atoms with Crippen molar-refractivity contribution in [2.75, 3.05) is 6.54 Å². The van der Waals surface area contributed by atoms with Crippen molar-refractivity contribution in [1.82, 2.24) is 5.32 Å². The van der Waals surface area contributed by atoms with Gasteiger partial charge in [0.2, 0.25) is 0 Å². The number of nitrogens with one attached hydrogen (secondary N) is 1. The molecule has 0 aliphatic heterocycles. The SMILES string of the molecule is CCCCCCCCCCCCNC(CC(C)O)CC(C)O.Cl. The summed E-state index contributed by atoms with van der Waals surface area (Å²) in [6.45, 7) is 6.90. The molecule has 3 N–H and O–H groups in total. The molecule has 0 saturated carbocycles. The van der Waals surface area contributed by atoms with E-state index in [-0.39, 0.29) is 30.7 Å². The van der Waals surface area contributed by atoms with Gasteiger partial charge in [-0.05, 0) is 39.7 Å². The number of aliphatic hydroxyl groups is 2. The van der Waals surface area contributed by atoms with Gasteiger partial charge >= 0.3 is 0 Å². The van der Waals surface area contributed by atoms with Gasteiger partial charge < -0.3 is 15.5 Å². The van der Waals surface area contributed by atoms with E-state index in [9.17, 15) is 10.2 Å². The zero-order valence-electron chi connectivity index (χ0n) is 15.7. The van der Waals surface area contributed by atoms with E-state index in [4.69, 9.17) is 0 Å². The fourth-order valence-corrected chi connectivity index (χ4v) is 3.01. The average molecular weight is 352 g/mol. The van der Waals surface area contributed by atoms with Crippen LogP contribution in [-0.4, -0.2) is 35.0 Å². The van der Waals surface area contributed by atoms with E-state index in [2.05, 4.69) is 12.2 Å². The van der Waals surface area contributed by atoms with Crippen molar-refractivity contribution in [3.63, 3.8) is 0 Å². The Morgan fingerprint density at radius 3 is 1.48 bits per heavy atom. The minimum Gasteiger partial charge on any atom is -0.393 e. The number of unbranched alkanes of at least 4 members (excludes halogenated alkanes) is 9. The number of hydrogen-bond donors (Lipinski definition) is 3. The van der Waals surface area contributed by atoms with Crippen LogP contribution >= 0.6 is 12.4 Å². The molecule has 0 aromatic heterocycles. The maximum Gasteiger partial charge on any atom is 0.0526 e. The van der Waals surface area contributed by atoms with Gasteiger partial charge in [-0.3, -0.25) is 0 Å². The molecule has 2 unspecified atom stereocenters. The van der Waals surface area contributed by atoms with Crippen molar-refractivity contribution in [2.45, 2.75) is 116 Å². The molecule has 4 heteroatoms. The topological polar surface area (TPSA) is 52.5 Å². The van der Waals surface area contributed by atoms with E-state index in [1.807, 2.05) is 13.8 Å². The zero-order valence-corrected chi connectivity index (χ0v) is 16.5. The molecule has 2 atom stereocenters. The van der Waals surface area contributed by atoms with Gasteiger partial charge in [0.25, 0.3) is 0 Å². The molecule has 0 heterocycles. The lowest BCUT2D eigenvalue weighted by molar-refractivity contribution is 0.131. The molecule has 0 amide bonds. The van der Waals surface area contributed by atoms with Gasteiger partial charge in [-0.1, -0.05) is 64.7 Å². The lowest BCUT2D eigenvalue weighted by atomic mass is 10.0. The van der Waals surface area contributed by atoms with E-state index < -0.39 is 0 Å². The highest BCUT2D eigenvalue weighted by Gasteiger charge is 2.13. The van der Waals surface area contributed by atoms with Gasteiger partial charge in [0.05, 0.1) is 12.2 Å². The quantitative estimate of drug-likeness (QED) is 0.349. The van der Waals surface area contributed by atoms with Crippen molar-refractivity contribution in [3.05, 3.63) is 0 Å². The summed E-state index contributed by atoms with van der Waals surface area (Å²) in [5, 5.41) is 22.5. The fourth-order valence-electron chi connectivity index (χ4n) is 3.01. The number of halogens is 1. The van der Waals surface area contributed by atoms with Gasteiger partial charge in [0.1, 0.15) is 0 Å². The highest BCUT2D eigenvalue weighted by Crippen LogP contribution is 2.11. The lowest BCUT2D eigenvalue weighted by Crippen LogP contribution is -2.35. The third-order valence-corrected chi connectivity index (χ3v) is 4.21. The maximum absolute atomic E-state index is 9.49. The molecule has 0 spiro atoms. The van der Waals surface area contributed by atoms with Gasteiger partial charge in [-0.25, -0.2) is 0 Å². The van der Waals surface area contributed by atoms with Crippen LogP contribution in [0.3, 0.4) is 0 Å². The molecule has 0 aliphatic carbocycles. The molecule has 0 radical (unpaired) electrons. The van der Waals surface area contributed by atoms with Crippen molar-refractivity contribution < 1.29 is 10.2 Å². The molecule has 0 aliphatic rings. The first kappa shape index (κ1) is 25.4. The van der Waals surface area contributed by atoms with Crippen molar-refractivity contribution >= 4 is 12.4 Å². The predicted molar refractivity (Wildman–Crippen MR) is 103 cm³/mol. The maximum atomic E-state index is 9.49. The molecule has 0 fully saturated rings. The molecule has 142 valence electrons. The highest BCUT2D eigenvalue weighted by atomic mass is 35.5. The van der Waals surface area contributed by atoms with Crippen LogP contribution in [0.5, 0.6) is 0 Å². The van der Waals surface area contributed by atoms with Crippen LogP contribution < -0.4 is 5.32 Å². The Morgan fingerprint density at radius 1 is 0.696 bits per heavy atom. The van der Waals surface area contributed by atoms with Gasteiger partial charge in [-0.15, -0.1) is 12.4 Å². The van der Waals surface area contributed by atoms with Gasteiger partial charge in [-0.2, -0.15) is 0 Å². The number of rotatable bonds is 16. The lowest BCUT2D eigenvalue weighted by Gasteiger charge is -2.21. The first-order valence-electron chi connectivity index (χ1n) is 9.65. The van der Waals surface area contributed by atoms with E-state index >= 15 is 0 Å². The monoisotopic (exact) mass is 351 g/mol. The molecule has 0 rings (SSSR count). The second kappa shape index (κ2) is 18.5. The molecular formula is C19H42ClNO2. The summed E-state index contributed by atoms with van der Waals surface area (Å²) in [5.74, 6) is 0. The van der Waals surface area contributed by atoms with E-state index in [1.54, 1.807) is 0 Å². The van der Waals surface area contributed by atoms with Crippen LogP contribution in [0.2, 0.25) is 0 Å². The fraction of sp³-hybridized carbons (Fsp3) is 1.00. The second-order valence-electron chi connectivity index (χ2n) is 7.00. The molecular weight excluding hydrogens is 310 g/mol. The minimum atomic E-state index is -0.302. The Hall–Kier alpha value is 0.170. The van der Waals surface area contributed by atoms with Gasteiger partial charge in [0, 0.05) is 6.04 Å². The molecule has 0 aromatic carbocycles. The van der Waals surface area contributed by atoms with Crippen LogP contribution in [0.1, 0.15) is 97.8 Å². The second-order valence-corrected chi connectivity index (χ2v) is 7.00. The van der Waals surface area contributed by atoms with E-state index in [1.165, 1.54) is 64.2 Å². The van der Waals surface area contributed by atoms with Crippen molar-refractivity contribution in [2.24, 2.45) is 0 Å². The van der Waals surface area contributed by atoms with Crippen molar-refractivity contribution in [1.29, 1.82) is 0 Å². The Morgan fingerprint density at radius 2 is 1.09 bits per heavy atom. The van der Waals surface area contributed by atoms with Crippen LogP contribution in [0.15, 0.2) is 0 Å². The summed E-state index contributed by atoms with van der Waals surface area (Å²) in [7, 11) is 0. The predicted octanol–water partition coefficient (Wildman–Crippen LogP) is 4.83. The van der Waals surface area contributed by atoms with Crippen LogP contribution in [-0.2, 0) is 0 Å².